The zero-order valence-electron chi connectivity index (χ0n) is 17.1. The molecule has 154 valence electrons. The molecular weight excluding hydrogens is 367 g/mol. The third-order valence-corrected chi connectivity index (χ3v) is 5.21. The van der Waals surface area contributed by atoms with Crippen LogP contribution in [0.2, 0.25) is 0 Å². The number of aliphatic imine (C=N–C) groups is 1. The van der Waals surface area contributed by atoms with Crippen molar-refractivity contribution in [1.82, 2.24) is 16.0 Å². The Hall–Kier alpha value is -2.89. The van der Waals surface area contributed by atoms with Gasteiger partial charge in [-0.05, 0) is 56.0 Å². The van der Waals surface area contributed by atoms with Crippen molar-refractivity contribution in [2.24, 2.45) is 4.99 Å². The van der Waals surface area contributed by atoms with Crippen LogP contribution in [0.25, 0.3) is 0 Å². The lowest BCUT2D eigenvalue weighted by molar-refractivity contribution is 0.0956. The molecule has 2 aromatic carbocycles. The maximum absolute atomic E-state index is 14.2. The molecule has 1 amide bonds. The summed E-state index contributed by atoms with van der Waals surface area (Å²) >= 11 is 0. The Kier molecular flexibility index (Phi) is 6.86. The van der Waals surface area contributed by atoms with Crippen molar-refractivity contribution in [2.75, 3.05) is 19.6 Å². The normalized spacial score (nSPS) is 14.9. The summed E-state index contributed by atoms with van der Waals surface area (Å²) in [6.07, 6.45) is 1.95. The van der Waals surface area contributed by atoms with Gasteiger partial charge in [0.1, 0.15) is 5.82 Å². The van der Waals surface area contributed by atoms with Gasteiger partial charge < -0.3 is 16.0 Å². The molecule has 1 saturated carbocycles. The number of guanidine groups is 1. The number of amides is 1. The van der Waals surface area contributed by atoms with E-state index in [1.165, 1.54) is 6.07 Å². The number of rotatable bonds is 8. The molecule has 0 atom stereocenters. The van der Waals surface area contributed by atoms with Gasteiger partial charge >= 0.3 is 0 Å². The smallest absolute Gasteiger partial charge is 0.251 e. The summed E-state index contributed by atoms with van der Waals surface area (Å²) in [6.45, 7) is 6.41. The number of carbonyl (C=O) groups is 1. The lowest BCUT2D eigenvalue weighted by Gasteiger charge is -2.19. The van der Waals surface area contributed by atoms with Crippen LogP contribution < -0.4 is 16.0 Å². The highest BCUT2D eigenvalue weighted by molar-refractivity contribution is 5.94. The molecule has 0 heterocycles. The summed E-state index contributed by atoms with van der Waals surface area (Å²) in [5, 5.41) is 9.41. The molecule has 0 radical (unpaired) electrons. The maximum Gasteiger partial charge on any atom is 0.251 e. The minimum absolute atomic E-state index is 0.0690. The van der Waals surface area contributed by atoms with E-state index < -0.39 is 0 Å². The Morgan fingerprint density at radius 1 is 1.00 bits per heavy atom. The summed E-state index contributed by atoms with van der Waals surface area (Å²) in [5.74, 6) is 0.504. The van der Waals surface area contributed by atoms with Crippen LogP contribution >= 0.6 is 0 Å². The molecule has 1 fully saturated rings. The van der Waals surface area contributed by atoms with Crippen molar-refractivity contribution in [2.45, 2.75) is 38.6 Å². The number of halogens is 1. The lowest BCUT2D eigenvalue weighted by Crippen LogP contribution is -2.41. The Balaban J connectivity index is 1.62. The first-order chi connectivity index (χ1) is 14.1. The van der Waals surface area contributed by atoms with Crippen molar-refractivity contribution in [3.63, 3.8) is 0 Å². The van der Waals surface area contributed by atoms with Gasteiger partial charge in [-0.1, -0.05) is 30.3 Å². The van der Waals surface area contributed by atoms with Crippen LogP contribution in [0.15, 0.2) is 53.5 Å². The SMILES string of the molecule is CCNC(=O)c1ccc(CN=C(NCC)NCC2(c3ccccc3F)CC2)cc1. The zero-order chi connectivity index (χ0) is 20.7. The summed E-state index contributed by atoms with van der Waals surface area (Å²) < 4.78 is 14.2. The Bertz CT molecular complexity index is 859. The van der Waals surface area contributed by atoms with Crippen LogP contribution in [0.3, 0.4) is 0 Å². The van der Waals surface area contributed by atoms with Gasteiger partial charge in [0, 0.05) is 30.6 Å². The maximum atomic E-state index is 14.2. The number of benzene rings is 2. The molecular formula is C23H29FN4O. The number of nitrogens with zero attached hydrogens (tertiary/aromatic N) is 1. The first kappa shape index (κ1) is 20.8. The van der Waals surface area contributed by atoms with E-state index in [4.69, 9.17) is 0 Å². The first-order valence-electron chi connectivity index (χ1n) is 10.2. The summed E-state index contributed by atoms with van der Waals surface area (Å²) in [6, 6.07) is 14.5. The average molecular weight is 397 g/mol. The van der Waals surface area contributed by atoms with Crippen LogP contribution in [0, 0.1) is 5.82 Å². The molecule has 29 heavy (non-hydrogen) atoms. The molecule has 3 rings (SSSR count). The van der Waals surface area contributed by atoms with E-state index in [0.29, 0.717) is 31.2 Å². The molecule has 6 heteroatoms. The number of hydrogen-bond acceptors (Lipinski definition) is 2. The summed E-state index contributed by atoms with van der Waals surface area (Å²) in [4.78, 5) is 16.5. The second-order valence-electron chi connectivity index (χ2n) is 7.37. The topological polar surface area (TPSA) is 65.5 Å². The average Bonchev–Trinajstić information content (AvgIpc) is 3.52. The van der Waals surface area contributed by atoms with E-state index in [1.54, 1.807) is 6.07 Å². The van der Waals surface area contributed by atoms with Gasteiger partial charge in [0.25, 0.3) is 5.91 Å². The van der Waals surface area contributed by atoms with Gasteiger partial charge in [-0.25, -0.2) is 9.38 Å². The quantitative estimate of drug-likeness (QED) is 0.474. The van der Waals surface area contributed by atoms with Crippen LogP contribution in [-0.2, 0) is 12.0 Å². The molecule has 1 aliphatic rings. The van der Waals surface area contributed by atoms with Gasteiger partial charge in [-0.2, -0.15) is 0 Å². The highest BCUT2D eigenvalue weighted by Crippen LogP contribution is 2.48. The van der Waals surface area contributed by atoms with Gasteiger partial charge in [0.2, 0.25) is 0 Å². The zero-order valence-corrected chi connectivity index (χ0v) is 17.1. The van der Waals surface area contributed by atoms with Crippen molar-refractivity contribution in [1.29, 1.82) is 0 Å². The second-order valence-corrected chi connectivity index (χ2v) is 7.37. The van der Waals surface area contributed by atoms with Crippen molar-refractivity contribution >= 4 is 11.9 Å². The highest BCUT2D eigenvalue weighted by Gasteiger charge is 2.45. The van der Waals surface area contributed by atoms with Crippen LogP contribution in [0.5, 0.6) is 0 Å². The van der Waals surface area contributed by atoms with Gasteiger partial charge in [0.05, 0.1) is 6.54 Å². The number of hydrogen-bond donors (Lipinski definition) is 3. The first-order valence-corrected chi connectivity index (χ1v) is 10.2. The predicted molar refractivity (Wildman–Crippen MR) is 115 cm³/mol. The fraction of sp³-hybridized carbons (Fsp3) is 0.391. The third-order valence-electron chi connectivity index (χ3n) is 5.21. The Morgan fingerprint density at radius 2 is 1.69 bits per heavy atom. The van der Waals surface area contributed by atoms with E-state index in [2.05, 4.69) is 20.9 Å². The number of nitrogens with one attached hydrogen (secondary N) is 3. The Labute approximate surface area is 171 Å². The minimum Gasteiger partial charge on any atom is -0.357 e. The molecule has 0 saturated heterocycles. The van der Waals surface area contributed by atoms with E-state index in [9.17, 15) is 9.18 Å². The molecule has 0 bridgehead atoms. The highest BCUT2D eigenvalue weighted by atomic mass is 19.1. The molecule has 3 N–H and O–H groups in total. The molecule has 0 unspecified atom stereocenters. The summed E-state index contributed by atoms with van der Waals surface area (Å²) in [7, 11) is 0. The second kappa shape index (κ2) is 9.54. The monoisotopic (exact) mass is 396 g/mol. The van der Waals surface area contributed by atoms with E-state index in [-0.39, 0.29) is 17.1 Å². The molecule has 2 aromatic rings. The van der Waals surface area contributed by atoms with E-state index in [1.807, 2.05) is 50.2 Å². The van der Waals surface area contributed by atoms with Gasteiger partial charge in [-0.15, -0.1) is 0 Å². The number of carbonyl (C=O) groups excluding carboxylic acids is 1. The molecule has 0 aliphatic heterocycles. The molecule has 0 spiro atoms. The summed E-state index contributed by atoms with van der Waals surface area (Å²) in [5.41, 5.74) is 2.30. The van der Waals surface area contributed by atoms with Crippen LogP contribution in [0.1, 0.15) is 48.2 Å². The standard InChI is InChI=1S/C23H29FN4O/c1-3-25-21(29)18-11-9-17(10-12-18)15-27-22(26-4-2)28-16-23(13-14-23)19-7-5-6-8-20(19)24/h5-12H,3-4,13-16H2,1-2H3,(H,25,29)(H2,26,27,28). The van der Waals surface area contributed by atoms with Gasteiger partial charge in [-0.3, -0.25) is 4.79 Å². The van der Waals surface area contributed by atoms with Crippen LogP contribution in [0.4, 0.5) is 4.39 Å². The lowest BCUT2D eigenvalue weighted by atomic mass is 9.95. The molecule has 0 aromatic heterocycles. The van der Waals surface area contributed by atoms with E-state index >= 15 is 0 Å². The van der Waals surface area contributed by atoms with Crippen molar-refractivity contribution < 1.29 is 9.18 Å². The van der Waals surface area contributed by atoms with Crippen molar-refractivity contribution in [3.05, 3.63) is 71.0 Å². The largest absolute Gasteiger partial charge is 0.357 e. The third kappa shape index (κ3) is 5.34. The van der Waals surface area contributed by atoms with Crippen LogP contribution in [-0.4, -0.2) is 31.5 Å². The fourth-order valence-electron chi connectivity index (χ4n) is 3.37. The minimum atomic E-state index is -0.143. The van der Waals surface area contributed by atoms with Gasteiger partial charge in [0.15, 0.2) is 5.96 Å². The Morgan fingerprint density at radius 3 is 2.31 bits per heavy atom. The predicted octanol–water partition coefficient (Wildman–Crippen LogP) is 3.36. The molecule has 1 aliphatic carbocycles. The molecule has 5 nitrogen and oxygen atoms in total. The van der Waals surface area contributed by atoms with E-state index in [0.717, 1.165) is 30.5 Å². The fourth-order valence-corrected chi connectivity index (χ4v) is 3.37. The van der Waals surface area contributed by atoms with Crippen molar-refractivity contribution in [3.8, 4) is 0 Å².